The summed E-state index contributed by atoms with van der Waals surface area (Å²) in [7, 11) is 0. The van der Waals surface area contributed by atoms with E-state index in [1.807, 2.05) is 0 Å². The molecule has 110 valence electrons. The zero-order chi connectivity index (χ0) is 16.2. The van der Waals surface area contributed by atoms with E-state index in [0.717, 1.165) is 6.07 Å². The Morgan fingerprint density at radius 2 is 1.50 bits per heavy atom. The highest BCUT2D eigenvalue weighted by molar-refractivity contribution is 6.31. The summed E-state index contributed by atoms with van der Waals surface area (Å²) >= 11 is 0. The van der Waals surface area contributed by atoms with E-state index >= 15 is 0 Å². The molecular formula is C15H8O7. The quantitative estimate of drug-likeness (QED) is 0.497. The average Bonchev–Trinajstić information content (AvgIpc) is 2.46. The Kier molecular flexibility index (Phi) is 2.68. The first-order valence-corrected chi connectivity index (χ1v) is 6.07. The van der Waals surface area contributed by atoms with Gasteiger partial charge in [-0.05, 0) is 24.3 Å². The zero-order valence-corrected chi connectivity index (χ0v) is 10.8. The number of carbonyl (C=O) groups excluding carboxylic acids is 2. The third-order valence-corrected chi connectivity index (χ3v) is 3.46. The van der Waals surface area contributed by atoms with Crippen molar-refractivity contribution in [3.8, 4) is 17.2 Å². The second kappa shape index (κ2) is 4.32. The minimum atomic E-state index is -1.52. The van der Waals surface area contributed by atoms with Crippen molar-refractivity contribution in [2.75, 3.05) is 0 Å². The number of hydrogen-bond donors (Lipinski definition) is 4. The Labute approximate surface area is 122 Å². The number of phenolic OH excluding ortho intramolecular Hbond substituents is 3. The maximum atomic E-state index is 12.5. The number of aromatic hydroxyl groups is 3. The molecule has 0 aromatic heterocycles. The number of aromatic carboxylic acids is 1. The van der Waals surface area contributed by atoms with E-state index in [2.05, 4.69) is 0 Å². The van der Waals surface area contributed by atoms with Crippen LogP contribution in [-0.2, 0) is 0 Å². The lowest BCUT2D eigenvalue weighted by molar-refractivity contribution is 0.0692. The highest BCUT2D eigenvalue weighted by Crippen LogP contribution is 2.40. The van der Waals surface area contributed by atoms with Crippen LogP contribution < -0.4 is 0 Å². The van der Waals surface area contributed by atoms with Crippen LogP contribution >= 0.6 is 0 Å². The molecule has 0 amide bonds. The largest absolute Gasteiger partial charge is 0.508 e. The molecule has 0 atom stereocenters. The van der Waals surface area contributed by atoms with Crippen molar-refractivity contribution in [1.82, 2.24) is 0 Å². The lowest BCUT2D eigenvalue weighted by Crippen LogP contribution is -2.24. The number of rotatable bonds is 1. The molecule has 2 aromatic rings. The molecular weight excluding hydrogens is 292 g/mol. The highest BCUT2D eigenvalue weighted by Gasteiger charge is 2.37. The van der Waals surface area contributed by atoms with E-state index in [9.17, 15) is 29.7 Å². The summed E-state index contributed by atoms with van der Waals surface area (Å²) in [6.45, 7) is 0. The zero-order valence-electron chi connectivity index (χ0n) is 10.8. The minimum absolute atomic E-state index is 0.0807. The van der Waals surface area contributed by atoms with Crippen molar-refractivity contribution in [3.05, 3.63) is 52.1 Å². The number of fused-ring (bicyclic) bond motifs is 2. The molecule has 0 spiro atoms. The van der Waals surface area contributed by atoms with Crippen molar-refractivity contribution in [1.29, 1.82) is 0 Å². The normalized spacial score (nSPS) is 12.7. The smallest absolute Gasteiger partial charge is 0.336 e. The van der Waals surface area contributed by atoms with Crippen LogP contribution in [0.25, 0.3) is 0 Å². The topological polar surface area (TPSA) is 132 Å². The fraction of sp³-hybridized carbons (Fsp3) is 0. The predicted octanol–water partition coefficient (Wildman–Crippen LogP) is 1.28. The third kappa shape index (κ3) is 1.65. The number of carboxylic acids is 1. The highest BCUT2D eigenvalue weighted by atomic mass is 16.4. The molecule has 7 nitrogen and oxygen atoms in total. The predicted molar refractivity (Wildman–Crippen MR) is 71.7 cm³/mol. The molecule has 0 fully saturated rings. The number of carbonyl (C=O) groups is 3. The number of phenols is 3. The monoisotopic (exact) mass is 300 g/mol. The minimum Gasteiger partial charge on any atom is -0.508 e. The van der Waals surface area contributed by atoms with Crippen LogP contribution in [0, 0.1) is 0 Å². The molecule has 0 aliphatic heterocycles. The number of hydrogen-bond acceptors (Lipinski definition) is 6. The van der Waals surface area contributed by atoms with Crippen molar-refractivity contribution < 1.29 is 34.8 Å². The molecule has 2 aromatic carbocycles. The summed E-state index contributed by atoms with van der Waals surface area (Å²) in [5.74, 6) is -5.10. The molecule has 0 saturated heterocycles. The van der Waals surface area contributed by atoms with Gasteiger partial charge >= 0.3 is 5.97 Å². The Morgan fingerprint density at radius 3 is 2.14 bits per heavy atom. The summed E-state index contributed by atoms with van der Waals surface area (Å²) in [6, 6.07) is 4.15. The summed E-state index contributed by atoms with van der Waals surface area (Å²) in [5, 5.41) is 38.0. The Balaban J connectivity index is 2.43. The van der Waals surface area contributed by atoms with Crippen molar-refractivity contribution in [3.63, 3.8) is 0 Å². The molecule has 0 heterocycles. The molecule has 7 heteroatoms. The Hall–Kier alpha value is -3.35. The van der Waals surface area contributed by atoms with Gasteiger partial charge in [-0.25, -0.2) is 4.79 Å². The maximum absolute atomic E-state index is 12.5. The number of benzene rings is 2. The first kappa shape index (κ1) is 13.6. The second-order valence-corrected chi connectivity index (χ2v) is 4.74. The molecule has 0 saturated carbocycles. The van der Waals surface area contributed by atoms with Gasteiger partial charge < -0.3 is 20.4 Å². The molecule has 0 radical (unpaired) electrons. The van der Waals surface area contributed by atoms with Crippen LogP contribution in [0.4, 0.5) is 0 Å². The van der Waals surface area contributed by atoms with Crippen LogP contribution in [0.2, 0.25) is 0 Å². The number of carboxylic acid groups (broad SMARTS) is 1. The van der Waals surface area contributed by atoms with E-state index in [0.29, 0.717) is 6.07 Å². The fourth-order valence-electron chi connectivity index (χ4n) is 2.47. The maximum Gasteiger partial charge on any atom is 0.336 e. The van der Waals surface area contributed by atoms with E-state index in [4.69, 9.17) is 5.11 Å². The van der Waals surface area contributed by atoms with Gasteiger partial charge in [-0.3, -0.25) is 9.59 Å². The van der Waals surface area contributed by atoms with Gasteiger partial charge in [0, 0.05) is 11.1 Å². The van der Waals surface area contributed by atoms with Gasteiger partial charge in [-0.15, -0.1) is 0 Å². The molecule has 3 rings (SSSR count). The van der Waals surface area contributed by atoms with Crippen molar-refractivity contribution >= 4 is 17.5 Å². The molecule has 1 aliphatic rings. The first-order valence-electron chi connectivity index (χ1n) is 6.07. The standard InChI is InChI=1S/C15H8O7/c16-5-1-2-6-7(3-5)13(19)11-10(12(6)18)8(15(21)22)4-9(17)14(11)20/h1-4,16-17,20H,(H,21,22). The van der Waals surface area contributed by atoms with E-state index in [1.165, 1.54) is 12.1 Å². The summed E-state index contributed by atoms with van der Waals surface area (Å²) in [5.41, 5.74) is -1.90. The van der Waals surface area contributed by atoms with Gasteiger partial charge in [0.05, 0.1) is 16.7 Å². The van der Waals surface area contributed by atoms with Crippen LogP contribution in [0.1, 0.15) is 42.2 Å². The van der Waals surface area contributed by atoms with Gasteiger partial charge in [-0.2, -0.15) is 0 Å². The van der Waals surface area contributed by atoms with Crippen molar-refractivity contribution in [2.24, 2.45) is 0 Å². The molecule has 22 heavy (non-hydrogen) atoms. The lowest BCUT2D eigenvalue weighted by atomic mass is 9.81. The average molecular weight is 300 g/mol. The van der Waals surface area contributed by atoms with Gasteiger partial charge in [0.1, 0.15) is 5.75 Å². The lowest BCUT2D eigenvalue weighted by Gasteiger charge is -2.20. The van der Waals surface area contributed by atoms with Crippen LogP contribution in [0.3, 0.4) is 0 Å². The van der Waals surface area contributed by atoms with E-state index < -0.39 is 45.7 Å². The van der Waals surface area contributed by atoms with E-state index in [-0.39, 0.29) is 16.9 Å². The molecule has 1 aliphatic carbocycles. The SMILES string of the molecule is O=C(O)c1cc(O)c(O)c2c1C(=O)c1ccc(O)cc1C2=O. The van der Waals surface area contributed by atoms with Gasteiger partial charge in [0.25, 0.3) is 0 Å². The third-order valence-electron chi connectivity index (χ3n) is 3.46. The van der Waals surface area contributed by atoms with Crippen LogP contribution in [0.5, 0.6) is 17.2 Å². The van der Waals surface area contributed by atoms with Gasteiger partial charge in [0.15, 0.2) is 23.1 Å². The van der Waals surface area contributed by atoms with Crippen LogP contribution in [-0.4, -0.2) is 38.0 Å². The van der Waals surface area contributed by atoms with E-state index in [1.54, 1.807) is 0 Å². The first-order chi connectivity index (χ1) is 10.3. The summed E-state index contributed by atoms with van der Waals surface area (Å²) in [6.07, 6.45) is 0. The molecule has 0 bridgehead atoms. The summed E-state index contributed by atoms with van der Waals surface area (Å²) < 4.78 is 0. The number of ketones is 2. The Bertz CT molecular complexity index is 880. The summed E-state index contributed by atoms with van der Waals surface area (Å²) in [4.78, 5) is 36.1. The Morgan fingerprint density at radius 1 is 0.864 bits per heavy atom. The molecule has 4 N–H and O–H groups in total. The van der Waals surface area contributed by atoms with Gasteiger partial charge in [0.2, 0.25) is 0 Å². The molecule has 0 unspecified atom stereocenters. The second-order valence-electron chi connectivity index (χ2n) is 4.74. The van der Waals surface area contributed by atoms with Gasteiger partial charge in [-0.1, -0.05) is 0 Å². The fourth-order valence-corrected chi connectivity index (χ4v) is 2.47. The van der Waals surface area contributed by atoms with Crippen LogP contribution in [0.15, 0.2) is 24.3 Å². The van der Waals surface area contributed by atoms with Crippen molar-refractivity contribution in [2.45, 2.75) is 0 Å².